The zero-order valence-corrected chi connectivity index (χ0v) is 8.86. The van der Waals surface area contributed by atoms with Gasteiger partial charge in [-0.2, -0.15) is 13.2 Å². The Balaban J connectivity index is 2.60. The van der Waals surface area contributed by atoms with Crippen LogP contribution in [0.2, 0.25) is 0 Å². The van der Waals surface area contributed by atoms with E-state index in [9.17, 15) is 18.0 Å². The van der Waals surface area contributed by atoms with E-state index in [0.29, 0.717) is 4.90 Å². The summed E-state index contributed by atoms with van der Waals surface area (Å²) < 4.78 is 40.6. The van der Waals surface area contributed by atoms with Gasteiger partial charge in [-0.25, -0.2) is 9.78 Å². The molecule has 1 heterocycles. The van der Waals surface area contributed by atoms with E-state index in [1.807, 2.05) is 0 Å². The standard InChI is InChI=1S/C9H10F3N3O2/c1-15(5-9(10,11)12)8(16)17-6-2-3-14-7(13)4-6/h2-4H,5H2,1H3,(H2,13,14). The molecular weight excluding hydrogens is 239 g/mol. The monoisotopic (exact) mass is 249 g/mol. The van der Waals surface area contributed by atoms with Crippen LogP contribution in [0, 0.1) is 0 Å². The Morgan fingerprint density at radius 3 is 2.76 bits per heavy atom. The third-order valence-corrected chi connectivity index (χ3v) is 1.69. The third-order valence-electron chi connectivity index (χ3n) is 1.69. The van der Waals surface area contributed by atoms with E-state index in [-0.39, 0.29) is 11.6 Å². The van der Waals surface area contributed by atoms with Gasteiger partial charge in [0.25, 0.3) is 0 Å². The van der Waals surface area contributed by atoms with Gasteiger partial charge in [0.1, 0.15) is 18.1 Å². The second kappa shape index (κ2) is 4.89. The van der Waals surface area contributed by atoms with Crippen LogP contribution in [0.4, 0.5) is 23.8 Å². The first-order chi connectivity index (χ1) is 7.78. The Morgan fingerprint density at radius 1 is 1.59 bits per heavy atom. The Morgan fingerprint density at radius 2 is 2.24 bits per heavy atom. The van der Waals surface area contributed by atoms with Gasteiger partial charge in [0.15, 0.2) is 0 Å². The smallest absolute Gasteiger partial charge is 0.410 e. The number of hydrogen-bond acceptors (Lipinski definition) is 4. The maximum absolute atomic E-state index is 12.0. The molecule has 1 aromatic heterocycles. The summed E-state index contributed by atoms with van der Waals surface area (Å²) in [5.41, 5.74) is 5.32. The molecule has 0 fully saturated rings. The van der Waals surface area contributed by atoms with Crippen LogP contribution in [-0.4, -0.2) is 35.7 Å². The number of ether oxygens (including phenoxy) is 1. The first kappa shape index (κ1) is 13.1. The molecule has 8 heteroatoms. The summed E-state index contributed by atoms with van der Waals surface area (Å²) in [5.74, 6) is 0.144. The summed E-state index contributed by atoms with van der Waals surface area (Å²) in [6.45, 7) is -1.38. The lowest BCUT2D eigenvalue weighted by atomic mass is 10.4. The van der Waals surface area contributed by atoms with Gasteiger partial charge in [-0.1, -0.05) is 0 Å². The first-order valence-corrected chi connectivity index (χ1v) is 4.49. The summed E-state index contributed by atoms with van der Waals surface area (Å²) in [4.78, 5) is 15.3. The second-order valence-electron chi connectivity index (χ2n) is 3.26. The average Bonchev–Trinajstić information content (AvgIpc) is 2.14. The van der Waals surface area contributed by atoms with Gasteiger partial charge >= 0.3 is 12.3 Å². The van der Waals surface area contributed by atoms with E-state index in [0.717, 1.165) is 7.05 Å². The van der Waals surface area contributed by atoms with Crippen molar-refractivity contribution in [1.82, 2.24) is 9.88 Å². The van der Waals surface area contributed by atoms with E-state index >= 15 is 0 Å². The lowest BCUT2D eigenvalue weighted by Crippen LogP contribution is -2.37. The van der Waals surface area contributed by atoms with Crippen molar-refractivity contribution in [2.75, 3.05) is 19.3 Å². The number of carbonyl (C=O) groups is 1. The van der Waals surface area contributed by atoms with Crippen molar-refractivity contribution < 1.29 is 22.7 Å². The van der Waals surface area contributed by atoms with E-state index in [2.05, 4.69) is 9.72 Å². The highest BCUT2D eigenvalue weighted by molar-refractivity contribution is 5.70. The number of alkyl halides is 3. The Bertz CT molecular complexity index is 409. The number of hydrogen-bond donors (Lipinski definition) is 1. The van der Waals surface area contributed by atoms with Crippen LogP contribution >= 0.6 is 0 Å². The predicted octanol–water partition coefficient (Wildman–Crippen LogP) is 1.66. The van der Waals surface area contributed by atoms with Crippen LogP contribution in [0.3, 0.4) is 0 Å². The number of amides is 1. The summed E-state index contributed by atoms with van der Waals surface area (Å²) in [6.07, 6.45) is -4.31. The van der Waals surface area contributed by atoms with Gasteiger partial charge in [-0.3, -0.25) is 0 Å². The van der Waals surface area contributed by atoms with Crippen LogP contribution in [0.1, 0.15) is 0 Å². The summed E-state index contributed by atoms with van der Waals surface area (Å²) in [7, 11) is 0.986. The normalized spacial score (nSPS) is 11.1. The highest BCUT2D eigenvalue weighted by Crippen LogP contribution is 2.17. The van der Waals surface area contributed by atoms with E-state index < -0.39 is 18.8 Å². The number of aromatic nitrogens is 1. The molecule has 1 aromatic rings. The van der Waals surface area contributed by atoms with Gasteiger partial charge in [0, 0.05) is 19.3 Å². The van der Waals surface area contributed by atoms with Gasteiger partial charge in [-0.05, 0) is 6.07 Å². The fourth-order valence-corrected chi connectivity index (χ4v) is 1.00. The van der Waals surface area contributed by atoms with Crippen molar-refractivity contribution >= 4 is 11.9 Å². The first-order valence-electron chi connectivity index (χ1n) is 4.49. The van der Waals surface area contributed by atoms with Crippen molar-refractivity contribution in [3.05, 3.63) is 18.3 Å². The predicted molar refractivity (Wildman–Crippen MR) is 53.4 cm³/mol. The van der Waals surface area contributed by atoms with E-state index in [1.54, 1.807) is 0 Å². The number of pyridine rings is 1. The van der Waals surface area contributed by atoms with Crippen LogP contribution in [-0.2, 0) is 0 Å². The van der Waals surface area contributed by atoms with Gasteiger partial charge in [0.2, 0.25) is 0 Å². The maximum atomic E-state index is 12.0. The van der Waals surface area contributed by atoms with Crippen molar-refractivity contribution in [2.24, 2.45) is 0 Å². The Labute approximate surface area is 95.0 Å². The zero-order valence-electron chi connectivity index (χ0n) is 8.86. The molecule has 5 nitrogen and oxygen atoms in total. The van der Waals surface area contributed by atoms with Crippen molar-refractivity contribution in [2.45, 2.75) is 6.18 Å². The molecule has 1 rings (SSSR count). The maximum Gasteiger partial charge on any atom is 0.415 e. The van der Waals surface area contributed by atoms with Gasteiger partial charge in [0.05, 0.1) is 0 Å². The third kappa shape index (κ3) is 4.58. The molecule has 1 amide bonds. The van der Waals surface area contributed by atoms with Crippen molar-refractivity contribution in [1.29, 1.82) is 0 Å². The molecule has 0 saturated heterocycles. The summed E-state index contributed by atoms with van der Waals surface area (Å²) in [5, 5.41) is 0. The molecule has 17 heavy (non-hydrogen) atoms. The van der Waals surface area contributed by atoms with Gasteiger partial charge < -0.3 is 15.4 Å². The molecular formula is C9H10F3N3O2. The second-order valence-corrected chi connectivity index (χ2v) is 3.26. The number of halogens is 3. The molecule has 0 aromatic carbocycles. The summed E-state index contributed by atoms with van der Waals surface area (Å²) >= 11 is 0. The van der Waals surface area contributed by atoms with Crippen LogP contribution in [0.15, 0.2) is 18.3 Å². The lowest BCUT2D eigenvalue weighted by molar-refractivity contribution is -0.139. The zero-order chi connectivity index (χ0) is 13.1. The summed E-state index contributed by atoms with van der Waals surface area (Å²) in [6, 6.07) is 2.55. The Kier molecular flexibility index (Phi) is 3.77. The quantitative estimate of drug-likeness (QED) is 0.865. The molecule has 0 saturated carbocycles. The minimum absolute atomic E-state index is 0.0384. The number of anilines is 1. The highest BCUT2D eigenvalue weighted by atomic mass is 19.4. The topological polar surface area (TPSA) is 68.5 Å². The SMILES string of the molecule is CN(CC(F)(F)F)C(=O)Oc1ccnc(N)c1. The molecule has 0 aliphatic carbocycles. The fraction of sp³-hybridized carbons (Fsp3) is 0.333. The molecule has 0 aliphatic heterocycles. The Hall–Kier alpha value is -1.99. The minimum atomic E-state index is -4.47. The number of nitrogens with two attached hydrogens (primary N) is 1. The van der Waals surface area contributed by atoms with Gasteiger partial charge in [-0.15, -0.1) is 0 Å². The molecule has 0 radical (unpaired) electrons. The fourth-order valence-electron chi connectivity index (χ4n) is 1.00. The molecule has 0 aliphatic rings. The largest absolute Gasteiger partial charge is 0.415 e. The lowest BCUT2D eigenvalue weighted by Gasteiger charge is -2.18. The van der Waals surface area contributed by atoms with Crippen LogP contribution in [0.5, 0.6) is 5.75 Å². The number of nitrogen functional groups attached to an aromatic ring is 1. The van der Waals surface area contributed by atoms with Crippen molar-refractivity contribution in [3.8, 4) is 5.75 Å². The molecule has 94 valence electrons. The molecule has 0 atom stereocenters. The van der Waals surface area contributed by atoms with E-state index in [1.165, 1.54) is 18.3 Å². The van der Waals surface area contributed by atoms with Crippen LogP contribution < -0.4 is 10.5 Å². The van der Waals surface area contributed by atoms with Crippen LogP contribution in [0.25, 0.3) is 0 Å². The molecule has 2 N–H and O–H groups in total. The van der Waals surface area contributed by atoms with Crippen molar-refractivity contribution in [3.63, 3.8) is 0 Å². The number of carbonyl (C=O) groups excluding carboxylic acids is 1. The number of nitrogens with zero attached hydrogens (tertiary/aromatic N) is 2. The minimum Gasteiger partial charge on any atom is -0.410 e. The number of rotatable bonds is 2. The van der Waals surface area contributed by atoms with E-state index in [4.69, 9.17) is 5.73 Å². The highest BCUT2D eigenvalue weighted by Gasteiger charge is 2.31. The molecule has 0 spiro atoms. The molecule has 0 unspecified atom stereocenters. The average molecular weight is 249 g/mol. The molecule has 0 bridgehead atoms.